The van der Waals surface area contributed by atoms with Crippen LogP contribution in [0.5, 0.6) is 0 Å². The second kappa shape index (κ2) is 6.12. The van der Waals surface area contributed by atoms with E-state index in [4.69, 9.17) is 16.9 Å². The molecule has 0 aliphatic heterocycles. The molecule has 0 saturated heterocycles. The predicted molar refractivity (Wildman–Crippen MR) is 81.8 cm³/mol. The van der Waals surface area contributed by atoms with E-state index in [0.717, 1.165) is 4.88 Å². The highest BCUT2D eigenvalue weighted by Gasteiger charge is 2.21. The Balaban J connectivity index is 2.26. The van der Waals surface area contributed by atoms with Crippen LogP contribution in [0.2, 0.25) is 5.02 Å². The normalized spacial score (nSPS) is 12.9. The van der Waals surface area contributed by atoms with Gasteiger partial charge in [0.1, 0.15) is 11.1 Å². The minimum absolute atomic E-state index is 0.0200. The summed E-state index contributed by atoms with van der Waals surface area (Å²) in [5, 5.41) is 9.60. The number of aromatic nitrogens is 1. The van der Waals surface area contributed by atoms with Crippen LogP contribution in [-0.4, -0.2) is 13.4 Å². The number of nitriles is 1. The quantitative estimate of drug-likeness (QED) is 0.926. The molecule has 1 atom stereocenters. The summed E-state index contributed by atoms with van der Waals surface area (Å²) in [7, 11) is -3.72. The van der Waals surface area contributed by atoms with Crippen LogP contribution < -0.4 is 4.72 Å². The molecule has 0 amide bonds. The van der Waals surface area contributed by atoms with Crippen LogP contribution in [0.3, 0.4) is 0 Å². The van der Waals surface area contributed by atoms with Crippen molar-refractivity contribution >= 4 is 33.0 Å². The average Bonchev–Trinajstić information content (AvgIpc) is 2.85. The van der Waals surface area contributed by atoms with Crippen molar-refractivity contribution in [1.82, 2.24) is 9.71 Å². The Labute approximate surface area is 132 Å². The first kappa shape index (κ1) is 15.9. The average molecular weight is 342 g/mol. The fourth-order valence-corrected chi connectivity index (χ4v) is 4.05. The van der Waals surface area contributed by atoms with Gasteiger partial charge in [-0.3, -0.25) is 0 Å². The van der Waals surface area contributed by atoms with E-state index >= 15 is 0 Å². The zero-order valence-corrected chi connectivity index (χ0v) is 13.7. The molecule has 0 spiro atoms. The van der Waals surface area contributed by atoms with E-state index in [1.807, 2.05) is 13.0 Å². The lowest BCUT2D eigenvalue weighted by molar-refractivity contribution is 0.566. The van der Waals surface area contributed by atoms with Crippen molar-refractivity contribution in [2.45, 2.75) is 24.8 Å². The Bertz CT molecular complexity index is 809. The molecule has 0 aliphatic carbocycles. The first-order valence-corrected chi connectivity index (χ1v) is 8.65. The van der Waals surface area contributed by atoms with Crippen LogP contribution >= 0.6 is 22.9 Å². The Morgan fingerprint density at radius 3 is 2.71 bits per heavy atom. The monoisotopic (exact) mass is 341 g/mol. The van der Waals surface area contributed by atoms with Crippen molar-refractivity contribution in [3.63, 3.8) is 0 Å². The van der Waals surface area contributed by atoms with Gasteiger partial charge in [-0.2, -0.15) is 5.26 Å². The van der Waals surface area contributed by atoms with Crippen molar-refractivity contribution in [3.8, 4) is 6.07 Å². The van der Waals surface area contributed by atoms with Crippen LogP contribution in [-0.2, 0) is 10.0 Å². The summed E-state index contributed by atoms with van der Waals surface area (Å²) in [6.07, 6.45) is 1.70. The number of hydrogen-bond acceptors (Lipinski definition) is 5. The van der Waals surface area contributed by atoms with Gasteiger partial charge in [0.2, 0.25) is 10.0 Å². The van der Waals surface area contributed by atoms with Gasteiger partial charge in [0, 0.05) is 11.1 Å². The molecule has 0 saturated carbocycles. The highest BCUT2D eigenvalue weighted by atomic mass is 35.5. The van der Waals surface area contributed by atoms with Gasteiger partial charge in [0.05, 0.1) is 21.5 Å². The number of thiazole rings is 1. The maximum atomic E-state index is 12.3. The fourth-order valence-electron chi connectivity index (χ4n) is 1.68. The molecule has 2 rings (SSSR count). The van der Waals surface area contributed by atoms with Crippen LogP contribution in [0, 0.1) is 18.3 Å². The number of nitrogens with zero attached hydrogens (tertiary/aromatic N) is 2. The number of halogens is 1. The summed E-state index contributed by atoms with van der Waals surface area (Å²) in [6, 6.07) is 5.45. The van der Waals surface area contributed by atoms with Crippen molar-refractivity contribution in [2.24, 2.45) is 0 Å². The zero-order chi connectivity index (χ0) is 15.6. The zero-order valence-electron chi connectivity index (χ0n) is 11.3. The molecule has 5 nitrogen and oxygen atoms in total. The van der Waals surface area contributed by atoms with Gasteiger partial charge < -0.3 is 0 Å². The maximum absolute atomic E-state index is 12.3. The van der Waals surface area contributed by atoms with Crippen LogP contribution in [0.4, 0.5) is 0 Å². The van der Waals surface area contributed by atoms with Crippen LogP contribution in [0.1, 0.15) is 28.4 Å². The predicted octanol–water partition coefficient (Wildman–Crippen LogP) is 3.02. The number of aryl methyl sites for hydroxylation is 1. The minimum atomic E-state index is -3.72. The van der Waals surface area contributed by atoms with Crippen molar-refractivity contribution < 1.29 is 8.42 Å². The molecule has 1 unspecified atom stereocenters. The Hall–Kier alpha value is -1.46. The lowest BCUT2D eigenvalue weighted by atomic mass is 10.2. The molecule has 2 aromatic rings. The number of sulfonamides is 1. The maximum Gasteiger partial charge on any atom is 0.241 e. The molecule has 1 N–H and O–H groups in total. The summed E-state index contributed by atoms with van der Waals surface area (Å²) in [5.74, 6) is 0. The van der Waals surface area contributed by atoms with E-state index in [2.05, 4.69) is 9.71 Å². The summed E-state index contributed by atoms with van der Waals surface area (Å²) in [6.45, 7) is 3.63. The third-order valence-electron chi connectivity index (χ3n) is 2.71. The number of hydrogen-bond donors (Lipinski definition) is 1. The lowest BCUT2D eigenvalue weighted by Crippen LogP contribution is -2.26. The SMILES string of the molecule is Cc1cnc(C(C)NS(=O)(=O)c2ccc(C#N)c(Cl)c2)s1. The summed E-state index contributed by atoms with van der Waals surface area (Å²) >= 11 is 7.30. The van der Waals surface area contributed by atoms with Gasteiger partial charge in [-0.15, -0.1) is 11.3 Å². The molecule has 110 valence electrons. The Morgan fingerprint density at radius 2 is 2.19 bits per heavy atom. The Morgan fingerprint density at radius 1 is 1.48 bits per heavy atom. The van der Waals surface area contributed by atoms with Crippen LogP contribution in [0.25, 0.3) is 0 Å². The largest absolute Gasteiger partial charge is 0.248 e. The molecule has 1 aromatic heterocycles. The molecular formula is C13H12ClN3O2S2. The third-order valence-corrected chi connectivity index (χ3v) is 5.66. The van der Waals surface area contributed by atoms with Gasteiger partial charge in [0.25, 0.3) is 0 Å². The molecule has 8 heteroatoms. The second-order valence-electron chi connectivity index (χ2n) is 4.41. The van der Waals surface area contributed by atoms with E-state index < -0.39 is 16.1 Å². The van der Waals surface area contributed by atoms with Gasteiger partial charge in [-0.25, -0.2) is 18.1 Å². The van der Waals surface area contributed by atoms with E-state index in [1.165, 1.54) is 29.5 Å². The van der Waals surface area contributed by atoms with Crippen molar-refractivity contribution in [3.05, 3.63) is 44.9 Å². The lowest BCUT2D eigenvalue weighted by Gasteiger charge is -2.12. The second-order valence-corrected chi connectivity index (χ2v) is 7.79. The first-order chi connectivity index (χ1) is 9.83. The molecule has 1 heterocycles. The van der Waals surface area contributed by atoms with Crippen molar-refractivity contribution in [2.75, 3.05) is 0 Å². The van der Waals surface area contributed by atoms with E-state index in [0.29, 0.717) is 5.01 Å². The Kier molecular flexibility index (Phi) is 4.64. The van der Waals surface area contributed by atoms with E-state index in [-0.39, 0.29) is 15.5 Å². The molecule has 1 aromatic carbocycles. The summed E-state index contributed by atoms with van der Waals surface area (Å²) < 4.78 is 27.1. The number of benzene rings is 1. The molecule has 0 aliphatic rings. The minimum Gasteiger partial charge on any atom is -0.248 e. The molecular weight excluding hydrogens is 330 g/mol. The standard InChI is InChI=1S/C13H12ClN3O2S2/c1-8-7-16-13(20-8)9(2)17-21(18,19)11-4-3-10(6-15)12(14)5-11/h3-5,7,9,17H,1-2H3. The van der Waals surface area contributed by atoms with Gasteiger partial charge in [-0.1, -0.05) is 11.6 Å². The molecule has 0 radical (unpaired) electrons. The summed E-state index contributed by atoms with van der Waals surface area (Å²) in [4.78, 5) is 5.19. The smallest absolute Gasteiger partial charge is 0.241 e. The highest BCUT2D eigenvalue weighted by molar-refractivity contribution is 7.89. The van der Waals surface area contributed by atoms with Gasteiger partial charge in [-0.05, 0) is 32.0 Å². The number of rotatable bonds is 4. The molecule has 0 bridgehead atoms. The van der Waals surface area contributed by atoms with E-state index in [1.54, 1.807) is 13.1 Å². The first-order valence-electron chi connectivity index (χ1n) is 5.98. The van der Waals surface area contributed by atoms with Crippen molar-refractivity contribution in [1.29, 1.82) is 5.26 Å². The van der Waals surface area contributed by atoms with Crippen LogP contribution in [0.15, 0.2) is 29.3 Å². The van der Waals surface area contributed by atoms with Gasteiger partial charge >= 0.3 is 0 Å². The molecule has 0 fully saturated rings. The van der Waals surface area contributed by atoms with E-state index in [9.17, 15) is 8.42 Å². The topological polar surface area (TPSA) is 82.8 Å². The highest BCUT2D eigenvalue weighted by Crippen LogP contribution is 2.24. The fraction of sp³-hybridized carbons (Fsp3) is 0.231. The van der Waals surface area contributed by atoms with Gasteiger partial charge in [0.15, 0.2) is 0 Å². The summed E-state index contributed by atoms with van der Waals surface area (Å²) in [5.41, 5.74) is 0.235. The molecule has 21 heavy (non-hydrogen) atoms. The number of nitrogens with one attached hydrogen (secondary N) is 1. The third kappa shape index (κ3) is 3.60.